The second kappa shape index (κ2) is 4.76. The quantitative estimate of drug-likeness (QED) is 0.631. The second-order valence-electron chi connectivity index (χ2n) is 3.03. The fraction of sp³-hybridized carbons (Fsp3) is 0. The molecule has 0 aliphatic rings. The monoisotopic (exact) mass is 290 g/mol. The zero-order valence-electron chi connectivity index (χ0n) is 7.84. The molecule has 0 saturated heterocycles. The van der Waals surface area contributed by atoms with Crippen LogP contribution in [0, 0.1) is 4.71 Å². The third-order valence-electron chi connectivity index (χ3n) is 1.99. The minimum absolute atomic E-state index is 0.134. The molecule has 0 aliphatic heterocycles. The van der Waals surface area contributed by atoms with Gasteiger partial charge in [-0.1, -0.05) is 65.1 Å². The molecule has 16 heavy (non-hydrogen) atoms. The highest BCUT2D eigenvalue weighted by atomic mass is 35.5. The molecule has 1 heterocycles. The average Bonchev–Trinajstić information content (AvgIpc) is 2.32. The van der Waals surface area contributed by atoms with E-state index in [0.29, 0.717) is 5.76 Å². The van der Waals surface area contributed by atoms with Gasteiger partial charge in [0.05, 0.1) is 5.02 Å². The van der Waals surface area contributed by atoms with Crippen LogP contribution in [0.5, 0.6) is 0 Å². The van der Waals surface area contributed by atoms with Crippen molar-refractivity contribution in [3.05, 3.63) is 50.1 Å². The summed E-state index contributed by atoms with van der Waals surface area (Å²) in [5, 5.41) is 0.659. The van der Waals surface area contributed by atoms with Gasteiger partial charge in [-0.3, -0.25) is 0 Å². The van der Waals surface area contributed by atoms with Crippen molar-refractivity contribution < 1.29 is 4.42 Å². The van der Waals surface area contributed by atoms with E-state index in [4.69, 9.17) is 51.4 Å². The molecule has 0 aliphatic carbocycles. The van der Waals surface area contributed by atoms with Crippen LogP contribution in [0.3, 0.4) is 0 Å². The van der Waals surface area contributed by atoms with Crippen LogP contribution in [0.25, 0.3) is 11.3 Å². The van der Waals surface area contributed by atoms with Gasteiger partial charge >= 0.3 is 0 Å². The van der Waals surface area contributed by atoms with Gasteiger partial charge in [-0.05, 0) is 12.2 Å². The number of hydrogen-bond donors (Lipinski definition) is 0. The van der Waals surface area contributed by atoms with E-state index in [1.165, 1.54) is 0 Å². The maximum atomic E-state index is 6.05. The molecule has 0 unspecified atom stereocenters. The first kappa shape index (κ1) is 11.9. The van der Waals surface area contributed by atoms with Gasteiger partial charge in [-0.2, -0.15) is 0 Å². The Morgan fingerprint density at radius 3 is 2.12 bits per heavy atom. The lowest BCUT2D eigenvalue weighted by Gasteiger charge is -2.06. The van der Waals surface area contributed by atoms with E-state index < -0.39 is 0 Å². The summed E-state index contributed by atoms with van der Waals surface area (Å²) in [5.74, 6) is 0.432. The van der Waals surface area contributed by atoms with Gasteiger partial charge in [-0.25, -0.2) is 0 Å². The molecule has 0 spiro atoms. The van der Waals surface area contributed by atoms with E-state index in [1.807, 2.05) is 30.3 Å². The van der Waals surface area contributed by atoms with Crippen molar-refractivity contribution in [1.29, 1.82) is 0 Å². The first-order chi connectivity index (χ1) is 7.61. The summed E-state index contributed by atoms with van der Waals surface area (Å²) >= 11 is 22.8. The van der Waals surface area contributed by atoms with Crippen molar-refractivity contribution in [2.75, 3.05) is 0 Å². The largest absolute Gasteiger partial charge is 0.442 e. The van der Waals surface area contributed by atoms with E-state index in [0.717, 1.165) is 5.56 Å². The van der Waals surface area contributed by atoms with Gasteiger partial charge in [0.1, 0.15) is 10.0 Å². The van der Waals surface area contributed by atoms with Gasteiger partial charge in [0, 0.05) is 5.56 Å². The summed E-state index contributed by atoms with van der Waals surface area (Å²) in [7, 11) is 0. The highest BCUT2D eigenvalue weighted by Gasteiger charge is 2.14. The Bertz CT molecular complexity index is 578. The van der Waals surface area contributed by atoms with Crippen LogP contribution in [0.15, 0.2) is 34.7 Å². The summed E-state index contributed by atoms with van der Waals surface area (Å²) < 4.78 is 5.51. The summed E-state index contributed by atoms with van der Waals surface area (Å²) in [4.78, 5) is 0. The van der Waals surface area contributed by atoms with E-state index in [-0.39, 0.29) is 19.8 Å². The van der Waals surface area contributed by atoms with Crippen molar-refractivity contribution in [2.45, 2.75) is 0 Å². The molecule has 1 nitrogen and oxygen atoms in total. The standard InChI is InChI=1S/C11H5Cl3OS/c12-7-8(13)10(15-11(16)9(7)14)6-4-2-1-3-5-6/h1-5H. The fourth-order valence-electron chi connectivity index (χ4n) is 1.24. The van der Waals surface area contributed by atoms with E-state index in [2.05, 4.69) is 0 Å². The Balaban J connectivity index is 2.73. The molecule has 0 amide bonds. The van der Waals surface area contributed by atoms with Gasteiger partial charge < -0.3 is 4.42 Å². The molecule has 0 bridgehead atoms. The first-order valence-electron chi connectivity index (χ1n) is 4.34. The third-order valence-corrected chi connectivity index (χ3v) is 3.69. The third kappa shape index (κ3) is 2.11. The minimum Gasteiger partial charge on any atom is -0.442 e. The number of benzene rings is 1. The molecular weight excluding hydrogens is 287 g/mol. The first-order valence-corrected chi connectivity index (χ1v) is 5.88. The second-order valence-corrected chi connectivity index (χ2v) is 4.53. The van der Waals surface area contributed by atoms with E-state index >= 15 is 0 Å². The Labute approximate surface area is 113 Å². The van der Waals surface area contributed by atoms with Crippen LogP contribution in [-0.4, -0.2) is 0 Å². The van der Waals surface area contributed by atoms with Gasteiger partial charge in [0.2, 0.25) is 4.71 Å². The molecule has 0 fully saturated rings. The normalized spacial score (nSPS) is 10.4. The summed E-state index contributed by atoms with van der Waals surface area (Å²) in [6.07, 6.45) is 0. The topological polar surface area (TPSA) is 13.1 Å². The molecule has 1 aromatic carbocycles. The summed E-state index contributed by atoms with van der Waals surface area (Å²) in [6.45, 7) is 0. The lowest BCUT2D eigenvalue weighted by Crippen LogP contribution is -1.82. The maximum absolute atomic E-state index is 6.05. The Kier molecular flexibility index (Phi) is 3.55. The molecule has 5 heteroatoms. The predicted molar refractivity (Wildman–Crippen MR) is 70.0 cm³/mol. The van der Waals surface area contributed by atoms with Crippen molar-refractivity contribution >= 4 is 47.0 Å². The lowest BCUT2D eigenvalue weighted by molar-refractivity contribution is 0.550. The van der Waals surface area contributed by atoms with Crippen LogP contribution < -0.4 is 0 Å². The Morgan fingerprint density at radius 1 is 0.875 bits per heavy atom. The van der Waals surface area contributed by atoms with Gasteiger partial charge in [0.25, 0.3) is 0 Å². The minimum atomic E-state index is 0.134. The number of hydrogen-bond acceptors (Lipinski definition) is 2. The van der Waals surface area contributed by atoms with Gasteiger partial charge in [0.15, 0.2) is 5.76 Å². The smallest absolute Gasteiger partial charge is 0.211 e. The molecular formula is C11H5Cl3OS. The Hall–Kier alpha value is -0.540. The molecule has 1 aromatic heterocycles. The van der Waals surface area contributed by atoms with Crippen LogP contribution in [0.1, 0.15) is 0 Å². The highest BCUT2D eigenvalue weighted by Crippen LogP contribution is 2.38. The summed E-state index contributed by atoms with van der Waals surface area (Å²) in [5.41, 5.74) is 0.803. The average molecular weight is 292 g/mol. The van der Waals surface area contributed by atoms with Crippen molar-refractivity contribution in [2.24, 2.45) is 0 Å². The maximum Gasteiger partial charge on any atom is 0.211 e. The number of rotatable bonds is 1. The fourth-order valence-corrected chi connectivity index (χ4v) is 2.08. The molecule has 2 rings (SSSR count). The highest BCUT2D eigenvalue weighted by molar-refractivity contribution is 7.71. The van der Waals surface area contributed by atoms with Crippen molar-refractivity contribution in [3.63, 3.8) is 0 Å². The zero-order valence-corrected chi connectivity index (χ0v) is 10.9. The van der Waals surface area contributed by atoms with Crippen molar-refractivity contribution in [3.8, 4) is 11.3 Å². The zero-order chi connectivity index (χ0) is 11.7. The predicted octanol–water partition coefficient (Wildman–Crippen LogP) is 5.64. The van der Waals surface area contributed by atoms with Crippen LogP contribution in [-0.2, 0) is 0 Å². The van der Waals surface area contributed by atoms with Crippen LogP contribution in [0.2, 0.25) is 15.1 Å². The molecule has 82 valence electrons. The summed E-state index contributed by atoms with van der Waals surface area (Å²) in [6, 6.07) is 9.33. The molecule has 0 saturated carbocycles. The molecule has 0 N–H and O–H groups in total. The molecule has 2 aromatic rings. The molecule has 0 radical (unpaired) electrons. The molecule has 0 atom stereocenters. The van der Waals surface area contributed by atoms with E-state index in [9.17, 15) is 0 Å². The van der Waals surface area contributed by atoms with Crippen LogP contribution >= 0.6 is 47.0 Å². The van der Waals surface area contributed by atoms with Gasteiger partial charge in [-0.15, -0.1) is 0 Å². The Morgan fingerprint density at radius 2 is 1.50 bits per heavy atom. The van der Waals surface area contributed by atoms with E-state index in [1.54, 1.807) is 0 Å². The number of halogens is 3. The lowest BCUT2D eigenvalue weighted by atomic mass is 10.1. The SMILES string of the molecule is S=c1oc(-c2ccccc2)c(Cl)c(Cl)c1Cl. The van der Waals surface area contributed by atoms with Crippen molar-refractivity contribution in [1.82, 2.24) is 0 Å². The van der Waals surface area contributed by atoms with Crippen LogP contribution in [0.4, 0.5) is 0 Å².